The monoisotopic (exact) mass is 317 g/mol. The Bertz CT molecular complexity index is 789. The van der Waals surface area contributed by atoms with Crippen LogP contribution in [0, 0.1) is 5.82 Å². The van der Waals surface area contributed by atoms with Gasteiger partial charge in [-0.15, -0.1) is 0 Å². The third-order valence-corrected chi connectivity index (χ3v) is 4.19. The topological polar surface area (TPSA) is 59.9 Å². The van der Waals surface area contributed by atoms with Gasteiger partial charge in [-0.3, -0.25) is 4.90 Å². The third kappa shape index (κ3) is 2.24. The SMILES string of the molecule is CCOC(=O)c1ncn2c1CN(C)C1OC1c1cc(F)ccc1-2. The van der Waals surface area contributed by atoms with Crippen molar-refractivity contribution in [1.29, 1.82) is 0 Å². The maximum absolute atomic E-state index is 13.7. The first kappa shape index (κ1) is 14.3. The number of hydrogen-bond acceptors (Lipinski definition) is 5. The van der Waals surface area contributed by atoms with Crippen molar-refractivity contribution >= 4 is 5.97 Å². The van der Waals surface area contributed by atoms with E-state index in [4.69, 9.17) is 9.47 Å². The highest BCUT2D eigenvalue weighted by Crippen LogP contribution is 2.45. The van der Waals surface area contributed by atoms with Crippen molar-refractivity contribution in [3.8, 4) is 5.69 Å². The van der Waals surface area contributed by atoms with Crippen LogP contribution in [0.2, 0.25) is 0 Å². The molecule has 2 unspecified atom stereocenters. The van der Waals surface area contributed by atoms with Crippen LogP contribution in [0.1, 0.15) is 34.8 Å². The second-order valence-corrected chi connectivity index (χ2v) is 5.70. The molecule has 0 aliphatic carbocycles. The number of rotatable bonds is 2. The molecule has 6 nitrogen and oxygen atoms in total. The van der Waals surface area contributed by atoms with Crippen molar-refractivity contribution in [3.05, 3.63) is 47.3 Å². The zero-order valence-electron chi connectivity index (χ0n) is 12.8. The van der Waals surface area contributed by atoms with Gasteiger partial charge in [0.1, 0.15) is 24.5 Å². The quantitative estimate of drug-likeness (QED) is 0.626. The van der Waals surface area contributed by atoms with Gasteiger partial charge in [0, 0.05) is 12.1 Å². The van der Waals surface area contributed by atoms with Crippen LogP contribution in [0.25, 0.3) is 5.69 Å². The van der Waals surface area contributed by atoms with Gasteiger partial charge in [-0.25, -0.2) is 14.2 Å². The molecule has 1 fully saturated rings. The lowest BCUT2D eigenvalue weighted by atomic mass is 10.1. The van der Waals surface area contributed by atoms with Gasteiger partial charge in [-0.05, 0) is 32.2 Å². The molecule has 2 aliphatic rings. The largest absolute Gasteiger partial charge is 0.461 e. The predicted octanol–water partition coefficient (Wildman–Crippen LogP) is 2.03. The fraction of sp³-hybridized carbons (Fsp3) is 0.375. The molecule has 2 aliphatic heterocycles. The summed E-state index contributed by atoms with van der Waals surface area (Å²) in [4.78, 5) is 18.3. The van der Waals surface area contributed by atoms with Crippen LogP contribution < -0.4 is 0 Å². The van der Waals surface area contributed by atoms with Gasteiger partial charge < -0.3 is 14.0 Å². The minimum Gasteiger partial charge on any atom is -0.461 e. The number of hydrogen-bond donors (Lipinski definition) is 0. The average Bonchev–Trinajstić information content (AvgIpc) is 3.21. The highest BCUT2D eigenvalue weighted by Gasteiger charge is 2.46. The fourth-order valence-corrected chi connectivity index (χ4v) is 3.07. The van der Waals surface area contributed by atoms with E-state index < -0.39 is 5.97 Å². The molecule has 2 atom stereocenters. The molecule has 0 amide bonds. The summed E-state index contributed by atoms with van der Waals surface area (Å²) in [7, 11) is 1.90. The van der Waals surface area contributed by atoms with Crippen molar-refractivity contribution in [2.75, 3.05) is 13.7 Å². The summed E-state index contributed by atoms with van der Waals surface area (Å²) in [6.07, 6.45) is 1.30. The third-order valence-electron chi connectivity index (χ3n) is 4.19. The zero-order valence-corrected chi connectivity index (χ0v) is 12.8. The normalized spacial score (nSPS) is 22.4. The highest BCUT2D eigenvalue weighted by molar-refractivity contribution is 5.88. The molecule has 0 saturated carbocycles. The van der Waals surface area contributed by atoms with Gasteiger partial charge in [0.15, 0.2) is 5.69 Å². The van der Waals surface area contributed by atoms with Crippen molar-refractivity contribution in [2.24, 2.45) is 0 Å². The summed E-state index contributed by atoms with van der Waals surface area (Å²) in [5.74, 6) is -0.763. The molecule has 0 bridgehead atoms. The zero-order chi connectivity index (χ0) is 16.1. The van der Waals surface area contributed by atoms with Crippen LogP contribution >= 0.6 is 0 Å². The first-order valence-corrected chi connectivity index (χ1v) is 7.49. The maximum atomic E-state index is 13.7. The van der Waals surface area contributed by atoms with Crippen LogP contribution in [0.3, 0.4) is 0 Å². The lowest BCUT2D eigenvalue weighted by Crippen LogP contribution is -2.26. The summed E-state index contributed by atoms with van der Waals surface area (Å²) in [6.45, 7) is 2.53. The van der Waals surface area contributed by atoms with Gasteiger partial charge in [-0.2, -0.15) is 0 Å². The van der Waals surface area contributed by atoms with Crippen molar-refractivity contribution < 1.29 is 18.7 Å². The molecule has 1 saturated heterocycles. The van der Waals surface area contributed by atoms with E-state index in [-0.39, 0.29) is 30.4 Å². The number of fused-ring (bicyclic) bond motifs is 5. The molecular weight excluding hydrogens is 301 g/mol. The van der Waals surface area contributed by atoms with E-state index in [0.717, 1.165) is 11.3 Å². The molecule has 1 aromatic carbocycles. The van der Waals surface area contributed by atoms with Gasteiger partial charge in [-0.1, -0.05) is 0 Å². The standard InChI is InChI=1S/C16H16FN3O3/c1-3-22-16(21)13-12-7-19(2)15-14(23-15)10-6-9(17)4-5-11(10)20(12)8-18-13/h4-6,8,14-15H,3,7H2,1-2H3. The Morgan fingerprint density at radius 2 is 2.35 bits per heavy atom. The Kier molecular flexibility index (Phi) is 3.21. The maximum Gasteiger partial charge on any atom is 0.358 e. The number of imidazole rings is 1. The van der Waals surface area contributed by atoms with Crippen LogP contribution in [0.15, 0.2) is 24.5 Å². The molecule has 0 radical (unpaired) electrons. The Morgan fingerprint density at radius 3 is 3.13 bits per heavy atom. The van der Waals surface area contributed by atoms with E-state index in [9.17, 15) is 9.18 Å². The van der Waals surface area contributed by atoms with E-state index in [0.29, 0.717) is 12.2 Å². The number of benzene rings is 1. The Labute approximate surface area is 132 Å². The number of likely N-dealkylation sites (N-methyl/N-ethyl adjacent to an activating group) is 1. The molecular formula is C16H16FN3O3. The minimum atomic E-state index is -0.452. The molecule has 7 heteroatoms. The molecule has 4 rings (SSSR count). The molecule has 3 heterocycles. The van der Waals surface area contributed by atoms with E-state index in [1.165, 1.54) is 12.1 Å². The van der Waals surface area contributed by atoms with E-state index in [2.05, 4.69) is 4.98 Å². The number of nitrogens with zero attached hydrogens (tertiary/aromatic N) is 3. The molecule has 120 valence electrons. The number of aromatic nitrogens is 2. The smallest absolute Gasteiger partial charge is 0.358 e. The number of ether oxygens (including phenoxy) is 2. The van der Waals surface area contributed by atoms with Gasteiger partial charge in [0.25, 0.3) is 0 Å². The number of carbonyl (C=O) groups excluding carboxylic acids is 1. The molecule has 0 N–H and O–H groups in total. The summed E-state index contributed by atoms with van der Waals surface area (Å²) in [5, 5.41) is 0. The van der Waals surface area contributed by atoms with Crippen molar-refractivity contribution in [2.45, 2.75) is 25.8 Å². The highest BCUT2D eigenvalue weighted by atomic mass is 19.1. The Hall–Kier alpha value is -2.25. The van der Waals surface area contributed by atoms with Crippen molar-refractivity contribution in [1.82, 2.24) is 14.5 Å². The summed E-state index contributed by atoms with van der Waals surface area (Å²) in [6, 6.07) is 4.57. The number of carbonyl (C=O) groups is 1. The second kappa shape index (κ2) is 5.14. The number of esters is 1. The summed E-state index contributed by atoms with van der Waals surface area (Å²) >= 11 is 0. The fourth-order valence-electron chi connectivity index (χ4n) is 3.07. The Balaban J connectivity index is 1.88. The first-order valence-electron chi connectivity index (χ1n) is 7.49. The molecule has 0 spiro atoms. The molecule has 2 aromatic rings. The van der Waals surface area contributed by atoms with Crippen LogP contribution in [0.4, 0.5) is 4.39 Å². The minimum absolute atomic E-state index is 0.116. The lowest BCUT2D eigenvalue weighted by Gasteiger charge is -2.21. The number of epoxide rings is 1. The first-order chi connectivity index (χ1) is 11.1. The average molecular weight is 317 g/mol. The van der Waals surface area contributed by atoms with Crippen molar-refractivity contribution in [3.63, 3.8) is 0 Å². The predicted molar refractivity (Wildman–Crippen MR) is 78.6 cm³/mol. The molecule has 1 aromatic heterocycles. The van der Waals surface area contributed by atoms with Crippen LogP contribution in [-0.2, 0) is 16.0 Å². The van der Waals surface area contributed by atoms with Gasteiger partial charge >= 0.3 is 5.97 Å². The number of halogens is 1. The Morgan fingerprint density at radius 1 is 1.52 bits per heavy atom. The summed E-state index contributed by atoms with van der Waals surface area (Å²) < 4.78 is 26.2. The van der Waals surface area contributed by atoms with Crippen LogP contribution in [-0.4, -0.2) is 40.3 Å². The van der Waals surface area contributed by atoms with Gasteiger partial charge in [0.05, 0.1) is 18.0 Å². The van der Waals surface area contributed by atoms with E-state index >= 15 is 0 Å². The lowest BCUT2D eigenvalue weighted by molar-refractivity contribution is 0.0517. The van der Waals surface area contributed by atoms with E-state index in [1.807, 2.05) is 16.5 Å². The molecule has 23 heavy (non-hydrogen) atoms. The summed E-state index contributed by atoms with van der Waals surface area (Å²) in [5.41, 5.74) is 2.54. The second-order valence-electron chi connectivity index (χ2n) is 5.70. The van der Waals surface area contributed by atoms with E-state index in [1.54, 1.807) is 19.3 Å². The van der Waals surface area contributed by atoms with Crippen LogP contribution in [0.5, 0.6) is 0 Å². The van der Waals surface area contributed by atoms with Gasteiger partial charge in [0.2, 0.25) is 0 Å².